The molecule has 0 atom stereocenters. The molecular weight excluding hydrogens is 340 g/mol. The summed E-state index contributed by atoms with van der Waals surface area (Å²) in [5.74, 6) is -0.140. The van der Waals surface area contributed by atoms with Crippen molar-refractivity contribution in [3.63, 3.8) is 0 Å². The van der Waals surface area contributed by atoms with E-state index in [2.05, 4.69) is 5.32 Å². The second-order valence-electron chi connectivity index (χ2n) is 5.94. The number of sulfonamides is 1. The zero-order valence-electron chi connectivity index (χ0n) is 14.8. The Hall–Kier alpha value is -1.70. The van der Waals surface area contributed by atoms with Gasteiger partial charge in [-0.1, -0.05) is 26.0 Å². The first-order chi connectivity index (χ1) is 12.0. The molecule has 7 heteroatoms. The Kier molecular flexibility index (Phi) is 7.16. The topological polar surface area (TPSA) is 75.7 Å². The zero-order valence-corrected chi connectivity index (χ0v) is 15.6. The van der Waals surface area contributed by atoms with Gasteiger partial charge in [-0.2, -0.15) is 4.31 Å². The van der Waals surface area contributed by atoms with Gasteiger partial charge in [0.2, 0.25) is 15.9 Å². The summed E-state index contributed by atoms with van der Waals surface area (Å²) in [6.45, 7) is 5.66. The Morgan fingerprint density at radius 3 is 2.36 bits per heavy atom. The fraction of sp³-hybridized carbons (Fsp3) is 0.500. The maximum atomic E-state index is 12.5. The average molecular weight is 366 g/mol. The minimum Gasteiger partial charge on any atom is -0.379 e. The fourth-order valence-corrected chi connectivity index (χ4v) is 4.01. The quantitative estimate of drug-likeness (QED) is 0.749. The number of hydrogen-bond donors (Lipinski definition) is 1. The molecule has 1 N–H and O–H groups in total. The molecule has 2 rings (SSSR count). The first-order valence-electron chi connectivity index (χ1n) is 8.64. The third kappa shape index (κ3) is 5.39. The number of morpholine rings is 1. The smallest absolute Gasteiger partial charge is 0.244 e. The Morgan fingerprint density at radius 1 is 1.20 bits per heavy atom. The van der Waals surface area contributed by atoms with Crippen molar-refractivity contribution in [3.8, 4) is 0 Å². The van der Waals surface area contributed by atoms with Crippen LogP contribution >= 0.6 is 0 Å². The fourth-order valence-electron chi connectivity index (χ4n) is 2.60. The molecule has 1 amide bonds. The maximum Gasteiger partial charge on any atom is 0.244 e. The predicted octanol–water partition coefficient (Wildman–Crippen LogP) is 2.03. The number of nitrogens with zero attached hydrogens (tertiary/aromatic N) is 1. The van der Waals surface area contributed by atoms with E-state index in [0.29, 0.717) is 26.3 Å². The van der Waals surface area contributed by atoms with Crippen molar-refractivity contribution >= 4 is 22.0 Å². The molecule has 0 unspecified atom stereocenters. The third-order valence-electron chi connectivity index (χ3n) is 4.25. The van der Waals surface area contributed by atoms with Crippen LogP contribution in [0.2, 0.25) is 0 Å². The summed E-state index contributed by atoms with van der Waals surface area (Å²) in [7, 11) is -3.48. The third-order valence-corrected chi connectivity index (χ3v) is 6.16. The van der Waals surface area contributed by atoms with E-state index in [4.69, 9.17) is 4.74 Å². The van der Waals surface area contributed by atoms with Crippen molar-refractivity contribution in [1.29, 1.82) is 0 Å². The highest BCUT2D eigenvalue weighted by molar-refractivity contribution is 7.89. The van der Waals surface area contributed by atoms with E-state index < -0.39 is 10.0 Å². The number of amides is 1. The van der Waals surface area contributed by atoms with Crippen molar-refractivity contribution in [2.75, 3.05) is 26.3 Å². The molecular formula is C18H26N2O4S. The lowest BCUT2D eigenvalue weighted by molar-refractivity contribution is -0.117. The Bertz CT molecular complexity index is 688. The molecule has 0 radical (unpaired) electrons. The molecule has 1 aromatic carbocycles. The molecule has 0 spiro atoms. The first-order valence-corrected chi connectivity index (χ1v) is 10.1. The van der Waals surface area contributed by atoms with Crippen LogP contribution in [0.15, 0.2) is 35.2 Å². The predicted molar refractivity (Wildman–Crippen MR) is 97.6 cm³/mol. The Balaban J connectivity index is 2.02. The number of nitrogens with one attached hydrogen (secondary N) is 1. The zero-order chi connectivity index (χ0) is 18.3. The van der Waals surface area contributed by atoms with Crippen LogP contribution in [0.5, 0.6) is 0 Å². The summed E-state index contributed by atoms with van der Waals surface area (Å²) in [5, 5.41) is 2.93. The number of benzene rings is 1. The van der Waals surface area contributed by atoms with Crippen LogP contribution in [0, 0.1) is 0 Å². The molecule has 0 aliphatic carbocycles. The maximum absolute atomic E-state index is 12.5. The van der Waals surface area contributed by atoms with Crippen LogP contribution in [0.4, 0.5) is 0 Å². The van der Waals surface area contributed by atoms with E-state index >= 15 is 0 Å². The molecule has 0 aromatic heterocycles. The van der Waals surface area contributed by atoms with E-state index in [1.807, 2.05) is 13.8 Å². The van der Waals surface area contributed by atoms with Gasteiger partial charge in [-0.05, 0) is 36.6 Å². The van der Waals surface area contributed by atoms with Gasteiger partial charge in [0.1, 0.15) is 0 Å². The Morgan fingerprint density at radius 2 is 1.80 bits per heavy atom. The summed E-state index contributed by atoms with van der Waals surface area (Å²) in [4.78, 5) is 12.1. The van der Waals surface area contributed by atoms with Gasteiger partial charge in [0, 0.05) is 25.2 Å². The molecule has 1 heterocycles. The normalized spacial score (nSPS) is 16.4. The summed E-state index contributed by atoms with van der Waals surface area (Å²) in [5.41, 5.74) is 0.778. The number of rotatable bonds is 7. The van der Waals surface area contributed by atoms with Gasteiger partial charge < -0.3 is 10.1 Å². The second kappa shape index (κ2) is 9.12. The minimum atomic E-state index is -3.48. The van der Waals surface area contributed by atoms with Crippen LogP contribution in [-0.4, -0.2) is 51.0 Å². The van der Waals surface area contributed by atoms with Crippen LogP contribution in [-0.2, 0) is 19.6 Å². The summed E-state index contributed by atoms with van der Waals surface area (Å²) in [6, 6.07) is 6.73. The molecule has 1 fully saturated rings. The molecule has 1 aliphatic rings. The lowest BCUT2D eigenvalue weighted by atomic mass is 10.1. The van der Waals surface area contributed by atoms with Crippen molar-refractivity contribution in [1.82, 2.24) is 9.62 Å². The van der Waals surface area contributed by atoms with Crippen molar-refractivity contribution in [2.45, 2.75) is 37.6 Å². The molecule has 1 aliphatic heterocycles. The molecule has 25 heavy (non-hydrogen) atoms. The number of ether oxygens (including phenoxy) is 1. The van der Waals surface area contributed by atoms with Crippen LogP contribution in [0.25, 0.3) is 6.08 Å². The minimum absolute atomic E-state index is 0.140. The lowest BCUT2D eigenvalue weighted by Crippen LogP contribution is -2.40. The van der Waals surface area contributed by atoms with E-state index in [0.717, 1.165) is 18.4 Å². The lowest BCUT2D eigenvalue weighted by Gasteiger charge is -2.26. The van der Waals surface area contributed by atoms with Gasteiger partial charge in [-0.25, -0.2) is 8.42 Å². The first kappa shape index (κ1) is 19.6. The molecule has 0 bridgehead atoms. The highest BCUT2D eigenvalue weighted by Gasteiger charge is 2.25. The SMILES string of the molecule is CCC(CC)NC(=O)/C=C/c1ccc(S(=O)(=O)N2CCOCC2)cc1. The number of carbonyl (C=O) groups excluding carboxylic acids is 1. The van der Waals surface area contributed by atoms with E-state index in [-0.39, 0.29) is 16.8 Å². The average Bonchev–Trinajstić information content (AvgIpc) is 2.65. The molecule has 138 valence electrons. The molecule has 0 saturated carbocycles. The van der Waals surface area contributed by atoms with Gasteiger partial charge in [-0.3, -0.25) is 4.79 Å². The van der Waals surface area contributed by atoms with Crippen LogP contribution < -0.4 is 5.32 Å². The number of hydrogen-bond acceptors (Lipinski definition) is 4. The Labute approximate surface area is 149 Å². The van der Waals surface area contributed by atoms with E-state index in [9.17, 15) is 13.2 Å². The molecule has 1 aromatic rings. The van der Waals surface area contributed by atoms with Gasteiger partial charge in [0.15, 0.2) is 0 Å². The summed E-state index contributed by atoms with van der Waals surface area (Å²) >= 11 is 0. The summed E-state index contributed by atoms with van der Waals surface area (Å²) in [6.07, 6.45) is 4.95. The van der Waals surface area contributed by atoms with E-state index in [1.54, 1.807) is 30.3 Å². The molecule has 6 nitrogen and oxygen atoms in total. The van der Waals surface area contributed by atoms with Crippen molar-refractivity contribution in [2.24, 2.45) is 0 Å². The largest absolute Gasteiger partial charge is 0.379 e. The van der Waals surface area contributed by atoms with E-state index in [1.165, 1.54) is 10.4 Å². The monoisotopic (exact) mass is 366 g/mol. The second-order valence-corrected chi connectivity index (χ2v) is 7.88. The summed E-state index contributed by atoms with van der Waals surface area (Å²) < 4.78 is 31.7. The van der Waals surface area contributed by atoms with Crippen LogP contribution in [0.3, 0.4) is 0 Å². The van der Waals surface area contributed by atoms with Gasteiger partial charge in [0.05, 0.1) is 18.1 Å². The van der Waals surface area contributed by atoms with Gasteiger partial charge >= 0.3 is 0 Å². The number of carbonyl (C=O) groups is 1. The van der Waals surface area contributed by atoms with Crippen molar-refractivity contribution in [3.05, 3.63) is 35.9 Å². The van der Waals surface area contributed by atoms with Crippen molar-refractivity contribution < 1.29 is 17.9 Å². The highest BCUT2D eigenvalue weighted by Crippen LogP contribution is 2.18. The van der Waals surface area contributed by atoms with Crippen LogP contribution in [0.1, 0.15) is 32.3 Å². The molecule has 1 saturated heterocycles. The standard InChI is InChI=1S/C18H26N2O4S/c1-3-16(4-2)19-18(21)10-7-15-5-8-17(9-6-15)25(22,23)20-11-13-24-14-12-20/h5-10,16H,3-4,11-14H2,1-2H3,(H,19,21)/b10-7+. The highest BCUT2D eigenvalue weighted by atomic mass is 32.2. The van der Waals surface area contributed by atoms with Gasteiger partial charge in [-0.15, -0.1) is 0 Å². The van der Waals surface area contributed by atoms with Gasteiger partial charge in [0.25, 0.3) is 0 Å².